The molecule has 9 nitrogen and oxygen atoms in total. The van der Waals surface area contributed by atoms with Crippen LogP contribution in [0.4, 0.5) is 14.7 Å². The number of hydrogen-bond donors (Lipinski definition) is 2. The van der Waals surface area contributed by atoms with Crippen LogP contribution in [0.2, 0.25) is 0 Å². The van der Waals surface area contributed by atoms with Crippen molar-refractivity contribution in [2.75, 3.05) is 30.0 Å². The Kier molecular flexibility index (Phi) is 7.65. The lowest BCUT2D eigenvalue weighted by Crippen LogP contribution is -2.43. The molecule has 1 aliphatic carbocycles. The van der Waals surface area contributed by atoms with E-state index in [0.29, 0.717) is 51.6 Å². The van der Waals surface area contributed by atoms with Crippen LogP contribution in [0.1, 0.15) is 63.5 Å². The van der Waals surface area contributed by atoms with Crippen LogP contribution in [0.15, 0.2) is 17.1 Å². The van der Waals surface area contributed by atoms with Gasteiger partial charge in [0.05, 0.1) is 23.0 Å². The Morgan fingerprint density at radius 2 is 2.03 bits per heavy atom. The number of piperidine rings is 1. The smallest absolute Gasteiger partial charge is 0.269 e. The molecule has 0 unspecified atom stereocenters. The van der Waals surface area contributed by atoms with E-state index in [1.807, 2.05) is 0 Å². The number of hydrogen-bond acceptors (Lipinski definition) is 7. The Morgan fingerprint density at radius 1 is 1.31 bits per heavy atom. The van der Waals surface area contributed by atoms with E-state index in [4.69, 9.17) is 11.6 Å². The quantitative estimate of drug-likeness (QED) is 0.501. The molecule has 0 amide bonds. The Labute approximate surface area is 207 Å². The van der Waals surface area contributed by atoms with Crippen molar-refractivity contribution < 1.29 is 22.3 Å². The third-order valence-electron chi connectivity index (χ3n) is 6.94. The number of alkyl halides is 3. The maximum Gasteiger partial charge on any atom is 0.269 e. The summed E-state index contributed by atoms with van der Waals surface area (Å²) in [6, 6.07) is 0.332. The van der Waals surface area contributed by atoms with E-state index in [2.05, 4.69) is 15.3 Å². The maximum atomic E-state index is 13.6. The fraction of sp³-hybridized carbons (Fsp3) is 0.682. The van der Waals surface area contributed by atoms with E-state index < -0.39 is 39.2 Å². The summed E-state index contributed by atoms with van der Waals surface area (Å²) in [7, 11) is -3.35. The van der Waals surface area contributed by atoms with Gasteiger partial charge in [0.25, 0.3) is 12.0 Å². The number of fused-ring (bicyclic) bond motifs is 1. The second-order valence-electron chi connectivity index (χ2n) is 9.49. The van der Waals surface area contributed by atoms with Gasteiger partial charge >= 0.3 is 0 Å². The van der Waals surface area contributed by atoms with E-state index in [-0.39, 0.29) is 34.7 Å². The van der Waals surface area contributed by atoms with Crippen LogP contribution in [-0.2, 0) is 10.0 Å². The number of aromatic nitrogens is 3. The van der Waals surface area contributed by atoms with Crippen molar-refractivity contribution in [3.63, 3.8) is 0 Å². The number of rotatable bonds is 8. The third kappa shape index (κ3) is 5.45. The van der Waals surface area contributed by atoms with Crippen molar-refractivity contribution in [2.45, 2.75) is 69.6 Å². The summed E-state index contributed by atoms with van der Waals surface area (Å²) in [5.41, 5.74) is -2.55. The first-order chi connectivity index (χ1) is 16.5. The fourth-order valence-electron chi connectivity index (χ4n) is 5.02. The number of aliphatic hydroxyl groups is 1. The van der Waals surface area contributed by atoms with Gasteiger partial charge in [-0.3, -0.25) is 9.36 Å². The lowest BCUT2D eigenvalue weighted by molar-refractivity contribution is 0.0261. The van der Waals surface area contributed by atoms with E-state index in [0.717, 1.165) is 6.07 Å². The number of nitrogens with zero attached hydrogens (tertiary/aromatic N) is 4. The summed E-state index contributed by atoms with van der Waals surface area (Å²) in [6.07, 6.45) is 1.48. The SMILES string of the molecule is C[C@@]1(O)CCC[C@H]1n1c(=O)c(C(F)F)cc2cnc(NC3CCN(S(=O)(=O)CCCCl)CC3)nc21. The highest BCUT2D eigenvalue weighted by atomic mass is 35.5. The molecule has 0 spiro atoms. The van der Waals surface area contributed by atoms with E-state index in [1.54, 1.807) is 6.92 Å². The fourth-order valence-corrected chi connectivity index (χ4v) is 6.85. The lowest BCUT2D eigenvalue weighted by Gasteiger charge is -2.32. The molecule has 13 heteroatoms. The largest absolute Gasteiger partial charge is 0.388 e. The van der Waals surface area contributed by atoms with Crippen molar-refractivity contribution >= 4 is 38.6 Å². The molecule has 1 aliphatic heterocycles. The molecule has 194 valence electrons. The molecule has 2 N–H and O–H groups in total. The van der Waals surface area contributed by atoms with E-state index in [9.17, 15) is 27.1 Å². The highest BCUT2D eigenvalue weighted by Crippen LogP contribution is 2.39. The summed E-state index contributed by atoms with van der Waals surface area (Å²) in [5, 5.41) is 14.3. The van der Waals surface area contributed by atoms with Gasteiger partial charge in [-0.1, -0.05) is 0 Å². The molecule has 35 heavy (non-hydrogen) atoms. The predicted octanol–water partition coefficient (Wildman–Crippen LogP) is 3.04. The van der Waals surface area contributed by atoms with Gasteiger partial charge in [-0.2, -0.15) is 4.98 Å². The van der Waals surface area contributed by atoms with Crippen LogP contribution in [0.5, 0.6) is 0 Å². The summed E-state index contributed by atoms with van der Waals surface area (Å²) >= 11 is 5.62. The second-order valence-corrected chi connectivity index (χ2v) is 12.0. The summed E-state index contributed by atoms with van der Waals surface area (Å²) in [5.74, 6) is 0.527. The average molecular weight is 534 g/mol. The van der Waals surface area contributed by atoms with Crippen molar-refractivity contribution in [1.29, 1.82) is 0 Å². The lowest BCUT2D eigenvalue weighted by atomic mass is 9.99. The maximum absolute atomic E-state index is 13.6. The van der Waals surface area contributed by atoms with Gasteiger partial charge in [-0.25, -0.2) is 26.5 Å². The van der Waals surface area contributed by atoms with Gasteiger partial charge in [-0.15, -0.1) is 11.6 Å². The van der Waals surface area contributed by atoms with Gasteiger partial charge in [-0.05, 0) is 51.5 Å². The van der Waals surface area contributed by atoms with E-state index >= 15 is 0 Å². The van der Waals surface area contributed by atoms with Crippen LogP contribution in [0.25, 0.3) is 11.0 Å². The predicted molar refractivity (Wildman–Crippen MR) is 130 cm³/mol. The molecule has 0 bridgehead atoms. The molecule has 0 radical (unpaired) electrons. The van der Waals surface area contributed by atoms with Gasteiger partial charge in [0.1, 0.15) is 5.65 Å². The summed E-state index contributed by atoms with van der Waals surface area (Å²) < 4.78 is 54.7. The molecule has 2 atom stereocenters. The number of nitrogens with one attached hydrogen (secondary N) is 1. The van der Waals surface area contributed by atoms with Crippen LogP contribution in [0, 0.1) is 0 Å². The highest BCUT2D eigenvalue weighted by Gasteiger charge is 2.40. The molecule has 1 saturated heterocycles. The topological polar surface area (TPSA) is 117 Å². The van der Waals surface area contributed by atoms with Crippen LogP contribution in [0.3, 0.4) is 0 Å². The first-order valence-electron chi connectivity index (χ1n) is 11.8. The standard InChI is InChI=1S/C22H30ClF2N5O4S/c1-22(32)7-2-4-17(22)30-19-14(12-16(18(24)25)20(30)31)13-26-21(28-19)27-15-5-9-29(10-6-15)35(33,34)11-3-8-23/h12-13,15,17-18,32H,2-11H2,1H3,(H,26,27,28)/t17-,22-/m1/s1. The Balaban J connectivity index is 1.60. The molecule has 2 aromatic rings. The molecule has 2 aromatic heterocycles. The van der Waals surface area contributed by atoms with Gasteiger partial charge in [0.15, 0.2) is 0 Å². The molecule has 2 fully saturated rings. The molecular formula is C22H30ClF2N5O4S. The number of halogens is 3. The normalized spacial score (nSPS) is 24.5. The summed E-state index contributed by atoms with van der Waals surface area (Å²) in [4.78, 5) is 21.8. The third-order valence-corrected chi connectivity index (χ3v) is 9.17. The monoisotopic (exact) mass is 533 g/mol. The number of anilines is 1. The van der Waals surface area contributed by atoms with Gasteiger partial charge < -0.3 is 10.4 Å². The average Bonchev–Trinajstić information content (AvgIpc) is 3.16. The zero-order valence-electron chi connectivity index (χ0n) is 19.5. The Bertz CT molecular complexity index is 1230. The zero-order chi connectivity index (χ0) is 25.4. The highest BCUT2D eigenvalue weighted by molar-refractivity contribution is 7.89. The zero-order valence-corrected chi connectivity index (χ0v) is 21.0. The number of pyridine rings is 1. The van der Waals surface area contributed by atoms with Crippen molar-refractivity contribution in [1.82, 2.24) is 18.8 Å². The molecule has 3 heterocycles. The molecule has 0 aromatic carbocycles. The van der Waals surface area contributed by atoms with Crippen LogP contribution in [-0.4, -0.2) is 68.7 Å². The molecular weight excluding hydrogens is 504 g/mol. The molecule has 4 rings (SSSR count). The van der Waals surface area contributed by atoms with E-state index in [1.165, 1.54) is 15.1 Å². The van der Waals surface area contributed by atoms with Crippen molar-refractivity contribution in [3.05, 3.63) is 28.2 Å². The molecule has 1 saturated carbocycles. The van der Waals surface area contributed by atoms with Gasteiger partial charge in [0, 0.05) is 36.6 Å². The van der Waals surface area contributed by atoms with Crippen LogP contribution < -0.4 is 10.9 Å². The Morgan fingerprint density at radius 3 is 2.63 bits per heavy atom. The Hall–Kier alpha value is -1.89. The first kappa shape index (κ1) is 26.2. The second kappa shape index (κ2) is 10.2. The van der Waals surface area contributed by atoms with Gasteiger partial charge in [0.2, 0.25) is 16.0 Å². The minimum absolute atomic E-state index is 0.0193. The molecule has 2 aliphatic rings. The van der Waals surface area contributed by atoms with Crippen molar-refractivity contribution in [3.8, 4) is 0 Å². The first-order valence-corrected chi connectivity index (χ1v) is 13.9. The number of sulfonamides is 1. The summed E-state index contributed by atoms with van der Waals surface area (Å²) in [6.45, 7) is 2.31. The minimum Gasteiger partial charge on any atom is -0.388 e. The van der Waals surface area contributed by atoms with Crippen molar-refractivity contribution in [2.24, 2.45) is 0 Å². The minimum atomic E-state index is -3.35. The van der Waals surface area contributed by atoms with Crippen LogP contribution >= 0.6 is 11.6 Å².